The van der Waals surface area contributed by atoms with E-state index in [0.29, 0.717) is 6.04 Å². The van der Waals surface area contributed by atoms with Crippen molar-refractivity contribution in [1.29, 1.82) is 0 Å². The maximum absolute atomic E-state index is 4.88. The predicted molar refractivity (Wildman–Crippen MR) is 80.7 cm³/mol. The molecule has 1 N–H and O–H groups in total. The Balaban J connectivity index is 1.94. The summed E-state index contributed by atoms with van der Waals surface area (Å²) in [5.74, 6) is 0. The van der Waals surface area contributed by atoms with Gasteiger partial charge in [-0.15, -0.1) is 11.3 Å². The van der Waals surface area contributed by atoms with E-state index in [0.717, 1.165) is 6.42 Å². The molecule has 1 aromatic heterocycles. The van der Waals surface area contributed by atoms with Crippen LogP contribution in [0.4, 0.5) is 0 Å². The van der Waals surface area contributed by atoms with Gasteiger partial charge in [-0.2, -0.15) is 0 Å². The zero-order valence-corrected chi connectivity index (χ0v) is 12.3. The highest BCUT2D eigenvalue weighted by molar-refractivity contribution is 7.11. The summed E-state index contributed by atoms with van der Waals surface area (Å²) in [6.07, 6.45) is 3.66. The Morgan fingerprint density at radius 1 is 1.16 bits per heavy atom. The highest BCUT2D eigenvalue weighted by Gasteiger charge is 2.23. The van der Waals surface area contributed by atoms with E-state index in [2.05, 4.69) is 49.5 Å². The van der Waals surface area contributed by atoms with Gasteiger partial charge in [0.25, 0.3) is 0 Å². The van der Waals surface area contributed by atoms with Gasteiger partial charge in [0, 0.05) is 10.9 Å². The van der Waals surface area contributed by atoms with Gasteiger partial charge in [0.05, 0.1) is 11.7 Å². The molecule has 3 rings (SSSR count). The Bertz CT molecular complexity index is 524. The predicted octanol–water partition coefficient (Wildman–Crippen LogP) is 3.72. The second-order valence-corrected chi connectivity index (χ2v) is 6.56. The molecule has 0 spiro atoms. The molecule has 0 radical (unpaired) electrons. The first-order valence-corrected chi connectivity index (χ1v) is 7.85. The van der Waals surface area contributed by atoms with Crippen LogP contribution >= 0.6 is 11.3 Å². The summed E-state index contributed by atoms with van der Waals surface area (Å²) in [5.41, 5.74) is 2.65. The van der Waals surface area contributed by atoms with Crippen LogP contribution in [0.5, 0.6) is 0 Å². The van der Waals surface area contributed by atoms with Crippen molar-refractivity contribution < 1.29 is 0 Å². The lowest BCUT2D eigenvalue weighted by molar-refractivity contribution is 0.526. The van der Waals surface area contributed by atoms with Crippen molar-refractivity contribution in [3.8, 4) is 0 Å². The van der Waals surface area contributed by atoms with Crippen LogP contribution in [-0.2, 0) is 12.8 Å². The largest absolute Gasteiger partial charge is 0.302 e. The molecule has 2 aromatic rings. The molecule has 100 valence electrons. The summed E-state index contributed by atoms with van der Waals surface area (Å²) in [7, 11) is 0. The fourth-order valence-corrected chi connectivity index (χ4v) is 3.86. The molecule has 2 nitrogen and oxygen atoms in total. The summed E-state index contributed by atoms with van der Waals surface area (Å²) in [6, 6.07) is 11.3. The summed E-state index contributed by atoms with van der Waals surface area (Å²) < 4.78 is 0. The van der Waals surface area contributed by atoms with E-state index in [1.54, 1.807) is 0 Å². The van der Waals surface area contributed by atoms with E-state index in [9.17, 15) is 0 Å². The molecule has 1 aliphatic carbocycles. The van der Waals surface area contributed by atoms with E-state index in [4.69, 9.17) is 4.98 Å². The quantitative estimate of drug-likeness (QED) is 0.917. The second kappa shape index (κ2) is 5.43. The van der Waals surface area contributed by atoms with Gasteiger partial charge in [-0.1, -0.05) is 30.3 Å². The lowest BCUT2D eigenvalue weighted by atomic mass is 10.1. The zero-order chi connectivity index (χ0) is 13.2. The lowest BCUT2D eigenvalue weighted by Gasteiger charge is -2.19. The molecule has 1 aliphatic rings. The first kappa shape index (κ1) is 12.8. The van der Waals surface area contributed by atoms with Crippen LogP contribution in [0.1, 0.15) is 47.5 Å². The van der Waals surface area contributed by atoms with E-state index in [-0.39, 0.29) is 6.04 Å². The Labute approximate surface area is 118 Å². The van der Waals surface area contributed by atoms with Crippen LogP contribution in [0, 0.1) is 0 Å². The van der Waals surface area contributed by atoms with Gasteiger partial charge in [-0.3, -0.25) is 0 Å². The number of aromatic nitrogens is 1. The van der Waals surface area contributed by atoms with Gasteiger partial charge in [0.1, 0.15) is 5.01 Å². The van der Waals surface area contributed by atoms with Gasteiger partial charge in [0.15, 0.2) is 0 Å². The molecule has 0 saturated carbocycles. The Hall–Kier alpha value is -1.19. The number of rotatable bonds is 4. The molecule has 19 heavy (non-hydrogen) atoms. The minimum absolute atomic E-state index is 0.233. The Kier molecular flexibility index (Phi) is 3.67. The molecule has 0 bridgehead atoms. The minimum atomic E-state index is 0.233. The van der Waals surface area contributed by atoms with Crippen molar-refractivity contribution in [3.05, 3.63) is 51.5 Å². The molecule has 0 saturated heterocycles. The number of nitrogens with one attached hydrogen (secondary N) is 1. The number of thiazole rings is 1. The number of hydrogen-bond acceptors (Lipinski definition) is 3. The molecule has 0 amide bonds. The topological polar surface area (TPSA) is 24.9 Å². The van der Waals surface area contributed by atoms with Crippen molar-refractivity contribution in [2.24, 2.45) is 0 Å². The fourth-order valence-electron chi connectivity index (χ4n) is 2.62. The van der Waals surface area contributed by atoms with Crippen molar-refractivity contribution in [2.75, 3.05) is 0 Å². The molecule has 1 unspecified atom stereocenters. The molecular formula is C16H20N2S. The third kappa shape index (κ3) is 2.72. The summed E-state index contributed by atoms with van der Waals surface area (Å²) in [5, 5.41) is 4.88. The van der Waals surface area contributed by atoms with E-state index in [1.807, 2.05) is 11.3 Å². The fraction of sp³-hybridized carbons (Fsp3) is 0.438. The van der Waals surface area contributed by atoms with Crippen LogP contribution in [0.25, 0.3) is 0 Å². The Morgan fingerprint density at radius 3 is 2.63 bits per heavy atom. The number of fused-ring (bicyclic) bond motifs is 1. The molecule has 1 heterocycles. The molecular weight excluding hydrogens is 252 g/mol. The normalized spacial score (nSPS) is 15.7. The van der Waals surface area contributed by atoms with Crippen LogP contribution in [0.3, 0.4) is 0 Å². The average molecular weight is 272 g/mol. The average Bonchev–Trinajstić information content (AvgIpc) is 2.97. The van der Waals surface area contributed by atoms with Crippen LogP contribution in [0.2, 0.25) is 0 Å². The molecule has 1 atom stereocenters. The van der Waals surface area contributed by atoms with Gasteiger partial charge >= 0.3 is 0 Å². The summed E-state index contributed by atoms with van der Waals surface area (Å²) >= 11 is 1.89. The maximum atomic E-state index is 4.88. The van der Waals surface area contributed by atoms with Crippen LogP contribution in [0.15, 0.2) is 30.3 Å². The highest BCUT2D eigenvalue weighted by atomic mass is 32.1. The van der Waals surface area contributed by atoms with Crippen LogP contribution < -0.4 is 5.32 Å². The maximum Gasteiger partial charge on any atom is 0.115 e. The van der Waals surface area contributed by atoms with Gasteiger partial charge in [0.2, 0.25) is 0 Å². The van der Waals surface area contributed by atoms with E-state index < -0.39 is 0 Å². The first-order chi connectivity index (χ1) is 9.24. The smallest absolute Gasteiger partial charge is 0.115 e. The first-order valence-electron chi connectivity index (χ1n) is 7.03. The van der Waals surface area contributed by atoms with Crippen molar-refractivity contribution in [2.45, 2.75) is 45.2 Å². The van der Waals surface area contributed by atoms with Crippen molar-refractivity contribution in [3.63, 3.8) is 0 Å². The summed E-state index contributed by atoms with van der Waals surface area (Å²) in [6.45, 7) is 4.38. The lowest BCUT2D eigenvalue weighted by Crippen LogP contribution is -2.28. The van der Waals surface area contributed by atoms with Crippen molar-refractivity contribution in [1.82, 2.24) is 10.3 Å². The number of nitrogens with zero attached hydrogens (tertiary/aromatic N) is 1. The minimum Gasteiger partial charge on any atom is -0.302 e. The second-order valence-electron chi connectivity index (χ2n) is 5.44. The van der Waals surface area contributed by atoms with Crippen LogP contribution in [-0.4, -0.2) is 11.0 Å². The zero-order valence-electron chi connectivity index (χ0n) is 11.5. The molecule has 1 aromatic carbocycles. The molecule has 0 aliphatic heterocycles. The number of benzene rings is 1. The van der Waals surface area contributed by atoms with Crippen molar-refractivity contribution >= 4 is 11.3 Å². The number of hydrogen-bond donors (Lipinski definition) is 1. The third-order valence-electron chi connectivity index (χ3n) is 3.49. The highest BCUT2D eigenvalue weighted by Crippen LogP contribution is 2.33. The monoisotopic (exact) mass is 272 g/mol. The SMILES string of the molecule is CC(C)NC(c1ccccc1)c1nc2c(s1)CCC2. The standard InChI is InChI=1S/C16H20N2S/c1-11(2)17-15(12-7-4-3-5-8-12)16-18-13-9-6-10-14(13)19-16/h3-5,7-8,11,15,17H,6,9-10H2,1-2H3. The van der Waals surface area contributed by atoms with Gasteiger partial charge in [-0.05, 0) is 38.7 Å². The number of aryl methyl sites for hydroxylation is 2. The molecule has 3 heteroatoms. The van der Waals surface area contributed by atoms with Gasteiger partial charge < -0.3 is 5.32 Å². The molecule has 0 fully saturated rings. The summed E-state index contributed by atoms with van der Waals surface area (Å²) in [4.78, 5) is 6.38. The third-order valence-corrected chi connectivity index (χ3v) is 4.71. The Morgan fingerprint density at radius 2 is 1.95 bits per heavy atom. The van der Waals surface area contributed by atoms with E-state index >= 15 is 0 Å². The van der Waals surface area contributed by atoms with Gasteiger partial charge in [-0.25, -0.2) is 4.98 Å². The van der Waals surface area contributed by atoms with E-state index in [1.165, 1.54) is 34.0 Å².